The molecule has 9 heteroatoms. The molecule has 1 fully saturated rings. The Morgan fingerprint density at radius 2 is 2.03 bits per heavy atom. The number of amides is 1. The minimum Gasteiger partial charge on any atom is -0.477 e. The molecule has 0 unspecified atom stereocenters. The van der Waals surface area contributed by atoms with Gasteiger partial charge in [-0.25, -0.2) is 9.78 Å². The third-order valence-electron chi connectivity index (χ3n) is 5.64. The van der Waals surface area contributed by atoms with Crippen LogP contribution in [-0.4, -0.2) is 60.0 Å². The summed E-state index contributed by atoms with van der Waals surface area (Å²) in [7, 11) is 1.62. The summed E-state index contributed by atoms with van der Waals surface area (Å²) in [6.07, 6.45) is 1.33. The molecule has 0 radical (unpaired) electrons. The number of aromatic carboxylic acids is 1. The van der Waals surface area contributed by atoms with Gasteiger partial charge in [-0.15, -0.1) is 0 Å². The number of carbonyl (C=O) groups excluding carboxylic acids is 1. The zero-order chi connectivity index (χ0) is 23.3. The number of ether oxygens (including phenoxy) is 1. The van der Waals surface area contributed by atoms with E-state index in [1.165, 1.54) is 11.3 Å². The topological polar surface area (TPSA) is 104 Å². The summed E-state index contributed by atoms with van der Waals surface area (Å²) in [5.74, 6) is -1.12. The maximum atomic E-state index is 12.7. The van der Waals surface area contributed by atoms with Crippen molar-refractivity contribution in [2.24, 2.45) is 4.99 Å². The Labute approximate surface area is 188 Å². The van der Waals surface area contributed by atoms with Crippen LogP contribution in [-0.2, 0) is 9.53 Å². The van der Waals surface area contributed by atoms with Crippen LogP contribution < -0.4 is 10.2 Å². The Bertz CT molecular complexity index is 875. The minimum atomic E-state index is -0.949. The van der Waals surface area contributed by atoms with Crippen LogP contribution in [0.2, 0.25) is 0 Å². The van der Waals surface area contributed by atoms with Crippen molar-refractivity contribution in [1.29, 1.82) is 0 Å². The molecule has 1 aromatic heterocycles. The molecule has 2 rings (SSSR count). The average Bonchev–Trinajstić information content (AvgIpc) is 3.19. The maximum absolute atomic E-state index is 12.7. The van der Waals surface area contributed by atoms with Gasteiger partial charge in [0.2, 0.25) is 0 Å². The van der Waals surface area contributed by atoms with Crippen LogP contribution in [0, 0.1) is 0 Å². The van der Waals surface area contributed by atoms with E-state index in [1.807, 2.05) is 32.6 Å². The highest BCUT2D eigenvalue weighted by Crippen LogP contribution is 2.32. The lowest BCUT2D eigenvalue weighted by atomic mass is 10.0. The molecule has 2 heterocycles. The van der Waals surface area contributed by atoms with Gasteiger partial charge in [0.05, 0.1) is 17.8 Å². The van der Waals surface area contributed by atoms with Crippen LogP contribution >= 0.6 is 11.3 Å². The zero-order valence-electron chi connectivity index (χ0n) is 19.5. The normalized spacial score (nSPS) is 20.6. The van der Waals surface area contributed by atoms with E-state index in [2.05, 4.69) is 22.2 Å². The first kappa shape index (κ1) is 25.0. The van der Waals surface area contributed by atoms with Gasteiger partial charge in [0.1, 0.15) is 10.6 Å². The molecule has 0 aliphatic carbocycles. The fourth-order valence-corrected chi connectivity index (χ4v) is 4.52. The number of aliphatic imine (C=N–C) groups is 1. The molecule has 2 atom stereocenters. The van der Waals surface area contributed by atoms with E-state index >= 15 is 0 Å². The predicted molar refractivity (Wildman–Crippen MR) is 124 cm³/mol. The number of hydrogen-bond acceptors (Lipinski definition) is 7. The van der Waals surface area contributed by atoms with Crippen molar-refractivity contribution in [1.82, 2.24) is 10.3 Å². The van der Waals surface area contributed by atoms with Crippen molar-refractivity contribution in [2.45, 2.75) is 72.4 Å². The number of anilines is 1. The second-order valence-corrected chi connectivity index (χ2v) is 9.15. The summed E-state index contributed by atoms with van der Waals surface area (Å²) in [6, 6.07) is -0.154. The van der Waals surface area contributed by atoms with E-state index in [9.17, 15) is 14.7 Å². The van der Waals surface area contributed by atoms with Crippen LogP contribution in [0.4, 0.5) is 5.13 Å². The van der Waals surface area contributed by atoms with E-state index in [1.54, 1.807) is 14.0 Å². The highest BCUT2D eigenvalue weighted by Gasteiger charge is 2.33. The molecule has 1 aliphatic heterocycles. The summed E-state index contributed by atoms with van der Waals surface area (Å²) in [5.41, 5.74) is 3.05. The van der Waals surface area contributed by atoms with E-state index in [0.29, 0.717) is 36.0 Å². The Kier molecular flexibility index (Phi) is 8.76. The fourth-order valence-electron chi connectivity index (χ4n) is 3.42. The van der Waals surface area contributed by atoms with Crippen molar-refractivity contribution < 1.29 is 19.4 Å². The number of thiazole rings is 1. The van der Waals surface area contributed by atoms with Gasteiger partial charge in [-0.1, -0.05) is 37.7 Å². The molecule has 1 amide bonds. The SMILES string of the molecule is CC/C(C)=C(C)/N=C(\C)C(=O)N[C@@H]1CCN(c2nc(C(C)C)c(C(=O)O)s2)C[C@@H]1OC. The average molecular weight is 451 g/mol. The summed E-state index contributed by atoms with van der Waals surface area (Å²) in [4.78, 5) is 35.6. The highest BCUT2D eigenvalue weighted by molar-refractivity contribution is 7.17. The molecular weight excluding hydrogens is 416 g/mol. The highest BCUT2D eigenvalue weighted by atomic mass is 32.1. The van der Waals surface area contributed by atoms with Crippen LogP contribution in [0.15, 0.2) is 16.3 Å². The third kappa shape index (κ3) is 6.13. The van der Waals surface area contributed by atoms with Crippen molar-refractivity contribution >= 4 is 34.1 Å². The molecule has 0 spiro atoms. The van der Waals surface area contributed by atoms with E-state index in [4.69, 9.17) is 4.74 Å². The molecule has 172 valence electrons. The van der Waals surface area contributed by atoms with Gasteiger partial charge >= 0.3 is 5.97 Å². The van der Waals surface area contributed by atoms with Crippen LogP contribution in [0.25, 0.3) is 0 Å². The number of carbonyl (C=O) groups is 2. The zero-order valence-corrected chi connectivity index (χ0v) is 20.3. The fraction of sp³-hybridized carbons (Fsp3) is 0.636. The molecule has 0 saturated carbocycles. The number of allylic oxidation sites excluding steroid dienone is 2. The number of carboxylic acid groups (broad SMARTS) is 1. The number of nitrogens with one attached hydrogen (secondary N) is 1. The predicted octanol–water partition coefficient (Wildman–Crippen LogP) is 3.84. The van der Waals surface area contributed by atoms with Gasteiger partial charge in [0.25, 0.3) is 5.91 Å². The molecule has 0 aromatic carbocycles. The number of methoxy groups -OCH3 is 1. The Morgan fingerprint density at radius 3 is 2.55 bits per heavy atom. The number of nitrogens with zero attached hydrogens (tertiary/aromatic N) is 3. The number of rotatable bonds is 8. The molecule has 2 N–H and O–H groups in total. The second-order valence-electron chi connectivity index (χ2n) is 8.18. The first-order valence-electron chi connectivity index (χ1n) is 10.6. The molecular formula is C22H34N4O4S. The van der Waals surface area contributed by atoms with Gasteiger partial charge < -0.3 is 20.1 Å². The van der Waals surface area contributed by atoms with E-state index < -0.39 is 5.97 Å². The molecule has 8 nitrogen and oxygen atoms in total. The lowest BCUT2D eigenvalue weighted by Crippen LogP contribution is -2.55. The van der Waals surface area contributed by atoms with Crippen LogP contribution in [0.3, 0.4) is 0 Å². The van der Waals surface area contributed by atoms with Crippen molar-refractivity contribution in [3.63, 3.8) is 0 Å². The summed E-state index contributed by atoms with van der Waals surface area (Å²) in [6.45, 7) is 12.8. The van der Waals surface area contributed by atoms with Crippen LogP contribution in [0.1, 0.15) is 75.7 Å². The van der Waals surface area contributed by atoms with Gasteiger partial charge in [0.15, 0.2) is 5.13 Å². The first-order chi connectivity index (χ1) is 14.6. The van der Waals surface area contributed by atoms with Crippen molar-refractivity contribution in [3.8, 4) is 0 Å². The number of carboxylic acids is 1. The monoisotopic (exact) mass is 450 g/mol. The largest absolute Gasteiger partial charge is 0.477 e. The van der Waals surface area contributed by atoms with Gasteiger partial charge in [0, 0.05) is 25.9 Å². The van der Waals surface area contributed by atoms with Gasteiger partial charge in [-0.3, -0.25) is 9.79 Å². The van der Waals surface area contributed by atoms with E-state index in [0.717, 1.165) is 17.7 Å². The van der Waals surface area contributed by atoms with Crippen LogP contribution in [0.5, 0.6) is 0 Å². The van der Waals surface area contributed by atoms with Crippen molar-refractivity contribution in [3.05, 3.63) is 21.8 Å². The number of aromatic nitrogens is 1. The number of hydrogen-bond donors (Lipinski definition) is 2. The van der Waals surface area contributed by atoms with Gasteiger partial charge in [-0.05, 0) is 39.5 Å². The molecule has 1 aliphatic rings. The molecule has 1 aromatic rings. The molecule has 0 bridgehead atoms. The summed E-state index contributed by atoms with van der Waals surface area (Å²) >= 11 is 1.19. The first-order valence-corrected chi connectivity index (χ1v) is 11.4. The minimum absolute atomic E-state index is 0.0299. The quantitative estimate of drug-likeness (QED) is 0.583. The maximum Gasteiger partial charge on any atom is 0.347 e. The lowest BCUT2D eigenvalue weighted by Gasteiger charge is -2.38. The standard InChI is InChI=1S/C22H34N4O4S/c1-8-13(4)14(5)23-15(6)20(27)24-16-9-10-26(11-17(16)30-7)22-25-18(12(2)3)19(31-22)21(28)29/h12,16-17H,8-11H2,1-7H3,(H,24,27)(H,28,29)/b14-13+,23-15+/t16-,17+/m1/s1. The third-order valence-corrected chi connectivity index (χ3v) is 6.76. The second kappa shape index (κ2) is 10.9. The van der Waals surface area contributed by atoms with Crippen molar-refractivity contribution in [2.75, 3.05) is 25.1 Å². The Morgan fingerprint density at radius 1 is 1.35 bits per heavy atom. The van der Waals surface area contributed by atoms with Gasteiger partial charge in [-0.2, -0.15) is 0 Å². The Balaban J connectivity index is 2.11. The number of piperidine rings is 1. The Hall–Kier alpha value is -2.26. The molecule has 1 saturated heterocycles. The van der Waals surface area contributed by atoms with E-state index in [-0.39, 0.29) is 28.8 Å². The summed E-state index contributed by atoms with van der Waals surface area (Å²) < 4.78 is 5.66. The lowest BCUT2D eigenvalue weighted by molar-refractivity contribution is -0.116. The smallest absolute Gasteiger partial charge is 0.347 e. The summed E-state index contributed by atoms with van der Waals surface area (Å²) in [5, 5.41) is 13.2. The molecule has 31 heavy (non-hydrogen) atoms.